The minimum Gasteiger partial charge on any atom is -0.356 e. The first kappa shape index (κ1) is 19.8. The molecule has 4 nitrogen and oxygen atoms in total. The van der Waals surface area contributed by atoms with Crippen molar-refractivity contribution >= 4 is 41.5 Å². The van der Waals surface area contributed by atoms with E-state index in [0.717, 1.165) is 42.5 Å². The van der Waals surface area contributed by atoms with Crippen molar-refractivity contribution in [2.75, 3.05) is 33.2 Å². The molecule has 1 aromatic rings. The topological polar surface area (TPSA) is 39.7 Å². The Labute approximate surface area is 167 Å². The van der Waals surface area contributed by atoms with E-state index in [4.69, 9.17) is 11.6 Å². The van der Waals surface area contributed by atoms with Crippen LogP contribution in [0.4, 0.5) is 0 Å². The number of nitrogens with one attached hydrogen (secondary N) is 2. The van der Waals surface area contributed by atoms with Gasteiger partial charge in [-0.1, -0.05) is 29.8 Å². The first-order chi connectivity index (χ1) is 11.3. The maximum atomic E-state index is 6.19. The number of nitrogens with zero attached hydrogens (tertiary/aromatic N) is 2. The number of aliphatic imine (C=N–C) groups is 1. The van der Waals surface area contributed by atoms with Gasteiger partial charge < -0.3 is 15.5 Å². The van der Waals surface area contributed by atoms with E-state index >= 15 is 0 Å². The summed E-state index contributed by atoms with van der Waals surface area (Å²) in [5.41, 5.74) is 1.17. The standard InChI is InChI=1S/C18H27ClN4.HI/c1-20-18(21-10-8-15-4-2-3-5-17(15)19)22-12-14-9-11-23(13-14)16-6-7-16;/h2-5,14,16H,6-13H2,1H3,(H2,20,21,22);1H. The van der Waals surface area contributed by atoms with Crippen LogP contribution in [0.2, 0.25) is 5.02 Å². The van der Waals surface area contributed by atoms with Crippen molar-refractivity contribution in [1.29, 1.82) is 0 Å². The molecule has 0 spiro atoms. The SMILES string of the molecule is CN=C(NCCc1ccccc1Cl)NCC1CCN(C2CC2)C1.I. The number of guanidine groups is 1. The van der Waals surface area contributed by atoms with Gasteiger partial charge in [0.1, 0.15) is 0 Å². The molecule has 1 aliphatic carbocycles. The van der Waals surface area contributed by atoms with Gasteiger partial charge in [-0.3, -0.25) is 4.99 Å². The van der Waals surface area contributed by atoms with Crippen molar-refractivity contribution in [3.63, 3.8) is 0 Å². The first-order valence-electron chi connectivity index (χ1n) is 8.68. The molecule has 1 aliphatic heterocycles. The Balaban J connectivity index is 0.00000208. The summed E-state index contributed by atoms with van der Waals surface area (Å²) in [6.07, 6.45) is 5.02. The number of benzene rings is 1. The fourth-order valence-electron chi connectivity index (χ4n) is 3.28. The van der Waals surface area contributed by atoms with Crippen LogP contribution in [0.1, 0.15) is 24.8 Å². The molecule has 1 aromatic carbocycles. The molecule has 1 saturated carbocycles. The van der Waals surface area contributed by atoms with Gasteiger partial charge in [-0.15, -0.1) is 24.0 Å². The normalized spacial score (nSPS) is 21.4. The van der Waals surface area contributed by atoms with Gasteiger partial charge in [0.25, 0.3) is 0 Å². The monoisotopic (exact) mass is 462 g/mol. The van der Waals surface area contributed by atoms with Crippen LogP contribution in [0.25, 0.3) is 0 Å². The van der Waals surface area contributed by atoms with E-state index < -0.39 is 0 Å². The smallest absolute Gasteiger partial charge is 0.190 e. The average Bonchev–Trinajstić information content (AvgIpc) is 3.31. The van der Waals surface area contributed by atoms with Gasteiger partial charge in [-0.05, 0) is 49.8 Å². The molecule has 2 aliphatic rings. The highest BCUT2D eigenvalue weighted by Gasteiger charge is 2.34. The van der Waals surface area contributed by atoms with E-state index in [9.17, 15) is 0 Å². The summed E-state index contributed by atoms with van der Waals surface area (Å²) in [5.74, 6) is 1.64. The molecule has 1 unspecified atom stereocenters. The van der Waals surface area contributed by atoms with E-state index in [0.29, 0.717) is 0 Å². The van der Waals surface area contributed by atoms with Crippen LogP contribution < -0.4 is 10.6 Å². The van der Waals surface area contributed by atoms with Crippen LogP contribution in [0.3, 0.4) is 0 Å². The van der Waals surface area contributed by atoms with Crippen LogP contribution in [0.15, 0.2) is 29.3 Å². The summed E-state index contributed by atoms with van der Waals surface area (Å²) < 4.78 is 0. The maximum absolute atomic E-state index is 6.19. The summed E-state index contributed by atoms with van der Waals surface area (Å²) in [5, 5.41) is 7.69. The number of hydrogen-bond donors (Lipinski definition) is 2. The van der Waals surface area contributed by atoms with Crippen molar-refractivity contribution in [3.8, 4) is 0 Å². The highest BCUT2D eigenvalue weighted by atomic mass is 127. The molecule has 2 N–H and O–H groups in total. The molecule has 1 heterocycles. The molecule has 0 radical (unpaired) electrons. The van der Waals surface area contributed by atoms with E-state index in [1.807, 2.05) is 25.2 Å². The second-order valence-electron chi connectivity index (χ2n) is 6.60. The summed E-state index contributed by atoms with van der Waals surface area (Å²) in [6.45, 7) is 4.36. The molecular weight excluding hydrogens is 435 g/mol. The molecule has 1 saturated heterocycles. The molecule has 24 heavy (non-hydrogen) atoms. The molecule has 0 bridgehead atoms. The average molecular weight is 463 g/mol. The molecule has 6 heteroatoms. The Morgan fingerprint density at radius 3 is 2.75 bits per heavy atom. The third kappa shape index (κ3) is 5.77. The first-order valence-corrected chi connectivity index (χ1v) is 9.06. The van der Waals surface area contributed by atoms with Gasteiger partial charge in [-0.2, -0.15) is 0 Å². The Morgan fingerprint density at radius 2 is 2.04 bits per heavy atom. The third-order valence-electron chi connectivity index (χ3n) is 4.81. The van der Waals surface area contributed by atoms with Gasteiger partial charge >= 0.3 is 0 Å². The number of likely N-dealkylation sites (tertiary alicyclic amines) is 1. The highest BCUT2D eigenvalue weighted by molar-refractivity contribution is 14.0. The Morgan fingerprint density at radius 1 is 1.25 bits per heavy atom. The predicted molar refractivity (Wildman–Crippen MR) is 113 cm³/mol. The lowest BCUT2D eigenvalue weighted by Gasteiger charge is -2.17. The maximum Gasteiger partial charge on any atom is 0.190 e. The molecule has 0 amide bonds. The van der Waals surface area contributed by atoms with Crippen molar-refractivity contribution < 1.29 is 0 Å². The second-order valence-corrected chi connectivity index (χ2v) is 7.01. The van der Waals surface area contributed by atoms with Gasteiger partial charge in [0.15, 0.2) is 5.96 Å². The fraction of sp³-hybridized carbons (Fsp3) is 0.611. The lowest BCUT2D eigenvalue weighted by Crippen LogP contribution is -2.41. The summed E-state index contributed by atoms with van der Waals surface area (Å²) in [4.78, 5) is 6.97. The quantitative estimate of drug-likeness (QED) is 0.388. The van der Waals surface area contributed by atoms with E-state index in [-0.39, 0.29) is 24.0 Å². The zero-order valence-electron chi connectivity index (χ0n) is 14.3. The summed E-state index contributed by atoms with van der Waals surface area (Å²) >= 11 is 6.19. The fourth-order valence-corrected chi connectivity index (χ4v) is 3.51. The molecular formula is C18H28ClIN4. The molecule has 0 aromatic heterocycles. The van der Waals surface area contributed by atoms with E-state index in [1.54, 1.807) is 0 Å². The van der Waals surface area contributed by atoms with E-state index in [2.05, 4.69) is 26.6 Å². The third-order valence-corrected chi connectivity index (χ3v) is 5.18. The Hall–Kier alpha value is -0.530. The Bertz CT molecular complexity index is 548. The van der Waals surface area contributed by atoms with Crippen LogP contribution in [0.5, 0.6) is 0 Å². The van der Waals surface area contributed by atoms with Crippen LogP contribution in [0, 0.1) is 5.92 Å². The van der Waals surface area contributed by atoms with Crippen molar-refractivity contribution in [2.24, 2.45) is 10.9 Å². The number of rotatable bonds is 6. The zero-order valence-corrected chi connectivity index (χ0v) is 17.4. The van der Waals surface area contributed by atoms with Crippen LogP contribution in [-0.2, 0) is 6.42 Å². The molecule has 3 rings (SSSR count). The molecule has 1 atom stereocenters. The van der Waals surface area contributed by atoms with Crippen molar-refractivity contribution in [2.45, 2.75) is 31.7 Å². The summed E-state index contributed by atoms with van der Waals surface area (Å²) in [7, 11) is 1.83. The number of halogens is 2. The second kappa shape index (κ2) is 9.82. The Kier molecular flexibility index (Phi) is 8.10. The van der Waals surface area contributed by atoms with Crippen molar-refractivity contribution in [3.05, 3.63) is 34.9 Å². The van der Waals surface area contributed by atoms with Crippen LogP contribution in [-0.4, -0.2) is 50.1 Å². The lowest BCUT2D eigenvalue weighted by atomic mass is 10.1. The zero-order chi connectivity index (χ0) is 16.1. The van der Waals surface area contributed by atoms with Gasteiger partial charge in [0.05, 0.1) is 0 Å². The minimum atomic E-state index is 0. The summed E-state index contributed by atoms with van der Waals surface area (Å²) in [6, 6.07) is 8.90. The van der Waals surface area contributed by atoms with Crippen molar-refractivity contribution in [1.82, 2.24) is 15.5 Å². The number of hydrogen-bond acceptors (Lipinski definition) is 2. The van der Waals surface area contributed by atoms with Gasteiger partial charge in [-0.25, -0.2) is 0 Å². The highest BCUT2D eigenvalue weighted by Crippen LogP contribution is 2.31. The van der Waals surface area contributed by atoms with E-state index in [1.165, 1.54) is 37.9 Å². The van der Waals surface area contributed by atoms with Crippen LogP contribution >= 0.6 is 35.6 Å². The lowest BCUT2D eigenvalue weighted by molar-refractivity contribution is 0.314. The predicted octanol–water partition coefficient (Wildman–Crippen LogP) is 3.15. The van der Waals surface area contributed by atoms with Gasteiger partial charge in [0.2, 0.25) is 0 Å². The van der Waals surface area contributed by atoms with Gasteiger partial charge in [0, 0.05) is 37.7 Å². The molecule has 134 valence electrons. The molecule has 2 fully saturated rings. The minimum absolute atomic E-state index is 0. The largest absolute Gasteiger partial charge is 0.356 e.